The minimum atomic E-state index is -1.29. The van der Waals surface area contributed by atoms with E-state index in [-0.39, 0.29) is 18.9 Å². The number of likely N-dealkylation sites (tertiary alicyclic amines) is 1. The van der Waals surface area contributed by atoms with Gasteiger partial charge in [0.2, 0.25) is 0 Å². The second-order valence-electron chi connectivity index (χ2n) is 5.51. The summed E-state index contributed by atoms with van der Waals surface area (Å²) >= 11 is 1.55. The number of amides is 1. The second-order valence-corrected chi connectivity index (χ2v) is 6.46. The zero-order chi connectivity index (χ0) is 15.7. The SMILES string of the molecule is O=C(c1cccc2sccc12)N1CCCC1(CCO)C(=O)O. The van der Waals surface area contributed by atoms with E-state index in [0.29, 0.717) is 24.9 Å². The highest BCUT2D eigenvalue weighted by Crippen LogP contribution is 2.35. The number of carboxylic acids is 1. The van der Waals surface area contributed by atoms with Crippen molar-refractivity contribution in [2.45, 2.75) is 24.8 Å². The van der Waals surface area contributed by atoms with Gasteiger partial charge < -0.3 is 15.1 Å². The van der Waals surface area contributed by atoms with E-state index in [9.17, 15) is 19.8 Å². The van der Waals surface area contributed by atoms with Gasteiger partial charge in [-0.25, -0.2) is 4.79 Å². The van der Waals surface area contributed by atoms with Crippen LogP contribution >= 0.6 is 11.3 Å². The summed E-state index contributed by atoms with van der Waals surface area (Å²) in [4.78, 5) is 26.1. The number of hydrogen-bond donors (Lipinski definition) is 2. The molecule has 3 rings (SSSR count). The van der Waals surface area contributed by atoms with E-state index in [1.807, 2.05) is 23.6 Å². The zero-order valence-corrected chi connectivity index (χ0v) is 12.8. The molecule has 0 spiro atoms. The molecule has 0 saturated carbocycles. The van der Waals surface area contributed by atoms with Crippen molar-refractivity contribution in [3.63, 3.8) is 0 Å². The van der Waals surface area contributed by atoms with Crippen LogP contribution in [0.15, 0.2) is 29.6 Å². The number of aliphatic carboxylic acids is 1. The summed E-state index contributed by atoms with van der Waals surface area (Å²) in [5.41, 5.74) is -0.756. The van der Waals surface area contributed by atoms with Crippen molar-refractivity contribution < 1.29 is 19.8 Å². The van der Waals surface area contributed by atoms with Crippen LogP contribution in [0.25, 0.3) is 10.1 Å². The summed E-state index contributed by atoms with van der Waals surface area (Å²) in [6.45, 7) is 0.157. The highest BCUT2D eigenvalue weighted by molar-refractivity contribution is 7.17. The minimum Gasteiger partial charge on any atom is -0.479 e. The number of thiophene rings is 1. The summed E-state index contributed by atoms with van der Waals surface area (Å²) in [6, 6.07) is 7.38. The van der Waals surface area contributed by atoms with Crippen molar-refractivity contribution in [1.82, 2.24) is 4.90 Å². The third-order valence-corrected chi connectivity index (χ3v) is 5.27. The molecule has 116 valence electrons. The first-order valence-electron chi connectivity index (χ1n) is 7.22. The summed E-state index contributed by atoms with van der Waals surface area (Å²) in [5.74, 6) is -1.30. The van der Waals surface area contributed by atoms with Gasteiger partial charge in [0.05, 0.1) is 0 Å². The number of nitrogens with zero attached hydrogens (tertiary/aromatic N) is 1. The fraction of sp³-hybridized carbons (Fsp3) is 0.375. The number of carbonyl (C=O) groups excluding carboxylic acids is 1. The Morgan fingerprint density at radius 1 is 1.32 bits per heavy atom. The van der Waals surface area contributed by atoms with Crippen molar-refractivity contribution in [2.75, 3.05) is 13.2 Å². The molecule has 1 amide bonds. The van der Waals surface area contributed by atoms with Crippen LogP contribution in [0, 0.1) is 0 Å². The van der Waals surface area contributed by atoms with Gasteiger partial charge in [0, 0.05) is 35.2 Å². The van der Waals surface area contributed by atoms with Crippen LogP contribution in [-0.4, -0.2) is 45.7 Å². The van der Waals surface area contributed by atoms with E-state index in [2.05, 4.69) is 0 Å². The number of benzene rings is 1. The van der Waals surface area contributed by atoms with E-state index < -0.39 is 11.5 Å². The van der Waals surface area contributed by atoms with E-state index in [0.717, 1.165) is 10.1 Å². The van der Waals surface area contributed by atoms with Gasteiger partial charge in [-0.15, -0.1) is 11.3 Å². The minimum absolute atomic E-state index is 0.0632. The topological polar surface area (TPSA) is 77.8 Å². The summed E-state index contributed by atoms with van der Waals surface area (Å²) in [5, 5.41) is 21.7. The maximum Gasteiger partial charge on any atom is 0.329 e. The Balaban J connectivity index is 2.03. The molecular formula is C16H17NO4S. The Hall–Kier alpha value is -1.92. The lowest BCUT2D eigenvalue weighted by Gasteiger charge is -2.34. The smallest absolute Gasteiger partial charge is 0.329 e. The number of aliphatic hydroxyl groups is 1. The van der Waals surface area contributed by atoms with Gasteiger partial charge in [-0.3, -0.25) is 4.79 Å². The molecule has 1 saturated heterocycles. The molecule has 1 aliphatic heterocycles. The van der Waals surface area contributed by atoms with Crippen molar-refractivity contribution in [3.05, 3.63) is 35.2 Å². The van der Waals surface area contributed by atoms with Crippen LogP contribution in [0.4, 0.5) is 0 Å². The molecule has 6 heteroatoms. The van der Waals surface area contributed by atoms with Gasteiger partial charge in [-0.05, 0) is 36.4 Å². The standard InChI is InChI=1S/C16H17NO4S/c18-9-7-16(15(20)21)6-2-8-17(16)14(19)12-3-1-4-13-11(12)5-10-22-13/h1,3-5,10,18H,2,6-9H2,(H,20,21). The lowest BCUT2D eigenvalue weighted by atomic mass is 9.91. The predicted octanol–water partition coefficient (Wildman–Crippen LogP) is 2.34. The second kappa shape index (κ2) is 5.70. The van der Waals surface area contributed by atoms with Crippen molar-refractivity contribution in [2.24, 2.45) is 0 Å². The third kappa shape index (κ3) is 2.19. The van der Waals surface area contributed by atoms with Crippen LogP contribution in [0.2, 0.25) is 0 Å². The molecule has 1 aromatic carbocycles. The van der Waals surface area contributed by atoms with Crippen LogP contribution in [0.1, 0.15) is 29.6 Å². The number of aliphatic hydroxyl groups excluding tert-OH is 1. The van der Waals surface area contributed by atoms with E-state index in [1.54, 1.807) is 17.4 Å². The highest BCUT2D eigenvalue weighted by atomic mass is 32.1. The number of hydrogen-bond acceptors (Lipinski definition) is 4. The fourth-order valence-electron chi connectivity index (χ4n) is 3.27. The maximum absolute atomic E-state index is 12.9. The molecule has 0 aliphatic carbocycles. The number of carboxylic acid groups (broad SMARTS) is 1. The molecule has 2 aromatic rings. The van der Waals surface area contributed by atoms with E-state index in [1.165, 1.54) is 4.90 Å². The third-order valence-electron chi connectivity index (χ3n) is 4.38. The lowest BCUT2D eigenvalue weighted by Crippen LogP contribution is -2.53. The number of carbonyl (C=O) groups is 2. The lowest BCUT2D eigenvalue weighted by molar-refractivity contribution is -0.149. The monoisotopic (exact) mass is 319 g/mol. The Bertz CT molecular complexity index is 726. The summed E-state index contributed by atoms with van der Waals surface area (Å²) in [7, 11) is 0. The zero-order valence-electron chi connectivity index (χ0n) is 12.0. The van der Waals surface area contributed by atoms with Crippen LogP contribution < -0.4 is 0 Å². The van der Waals surface area contributed by atoms with Crippen LogP contribution in [-0.2, 0) is 4.79 Å². The fourth-order valence-corrected chi connectivity index (χ4v) is 4.09. The van der Waals surface area contributed by atoms with Gasteiger partial charge in [-0.1, -0.05) is 6.07 Å². The molecule has 1 atom stereocenters. The molecule has 1 fully saturated rings. The van der Waals surface area contributed by atoms with Crippen LogP contribution in [0.3, 0.4) is 0 Å². The first-order chi connectivity index (χ1) is 10.6. The summed E-state index contributed by atoms with van der Waals surface area (Å²) < 4.78 is 1.01. The van der Waals surface area contributed by atoms with Crippen LogP contribution in [0.5, 0.6) is 0 Å². The summed E-state index contributed by atoms with van der Waals surface area (Å²) in [6.07, 6.45) is 1.08. The number of fused-ring (bicyclic) bond motifs is 1. The molecule has 0 radical (unpaired) electrons. The molecule has 1 unspecified atom stereocenters. The largest absolute Gasteiger partial charge is 0.479 e. The molecule has 22 heavy (non-hydrogen) atoms. The van der Waals surface area contributed by atoms with Crippen molar-refractivity contribution >= 4 is 33.3 Å². The Kier molecular flexibility index (Phi) is 3.88. The first-order valence-corrected chi connectivity index (χ1v) is 8.10. The maximum atomic E-state index is 12.9. The van der Waals surface area contributed by atoms with Gasteiger partial charge in [0.25, 0.3) is 5.91 Å². The Labute approximate surface area is 131 Å². The number of rotatable bonds is 4. The molecule has 5 nitrogen and oxygen atoms in total. The first kappa shape index (κ1) is 15.0. The molecule has 0 bridgehead atoms. The Morgan fingerprint density at radius 2 is 2.14 bits per heavy atom. The molecular weight excluding hydrogens is 302 g/mol. The van der Waals surface area contributed by atoms with Gasteiger partial charge in [0.1, 0.15) is 5.54 Å². The molecule has 2 heterocycles. The normalized spacial score (nSPS) is 21.4. The molecule has 1 aliphatic rings. The average Bonchev–Trinajstić information content (AvgIpc) is 3.13. The quantitative estimate of drug-likeness (QED) is 0.907. The highest BCUT2D eigenvalue weighted by Gasteiger charge is 2.49. The average molecular weight is 319 g/mol. The Morgan fingerprint density at radius 3 is 2.86 bits per heavy atom. The predicted molar refractivity (Wildman–Crippen MR) is 84.2 cm³/mol. The molecule has 1 aromatic heterocycles. The van der Waals surface area contributed by atoms with Gasteiger partial charge >= 0.3 is 5.97 Å². The van der Waals surface area contributed by atoms with Gasteiger partial charge in [0.15, 0.2) is 0 Å². The van der Waals surface area contributed by atoms with Crippen molar-refractivity contribution in [3.8, 4) is 0 Å². The van der Waals surface area contributed by atoms with Crippen molar-refractivity contribution in [1.29, 1.82) is 0 Å². The molecule has 2 N–H and O–H groups in total. The van der Waals surface area contributed by atoms with E-state index >= 15 is 0 Å². The van der Waals surface area contributed by atoms with Gasteiger partial charge in [-0.2, -0.15) is 0 Å². The van der Waals surface area contributed by atoms with E-state index in [4.69, 9.17) is 0 Å².